The fourth-order valence-electron chi connectivity index (χ4n) is 1.52. The Morgan fingerprint density at radius 1 is 1.43 bits per heavy atom. The van der Waals surface area contributed by atoms with E-state index in [4.69, 9.17) is 9.84 Å². The second kappa shape index (κ2) is 5.36. The summed E-state index contributed by atoms with van der Waals surface area (Å²) in [6.45, 7) is 0. The Hall–Kier alpha value is -2.69. The highest BCUT2D eigenvalue weighted by Gasteiger charge is 2.23. The van der Waals surface area contributed by atoms with Crippen molar-refractivity contribution < 1.29 is 23.1 Å². The van der Waals surface area contributed by atoms with Gasteiger partial charge in [-0.3, -0.25) is 0 Å². The third-order valence-electron chi connectivity index (χ3n) is 2.43. The summed E-state index contributed by atoms with van der Waals surface area (Å²) in [4.78, 5) is 11.7. The van der Waals surface area contributed by atoms with E-state index in [2.05, 4.69) is 20.1 Å². The number of nitrogens with zero attached hydrogens (tertiary/aromatic N) is 4. The number of carboxylic acid groups (broad SMARTS) is 1. The quantitative estimate of drug-likeness (QED) is 0.769. The van der Waals surface area contributed by atoms with Gasteiger partial charge in [0.25, 0.3) is 16.0 Å². The highest BCUT2D eigenvalue weighted by atomic mass is 32.2. The Morgan fingerprint density at radius 2 is 2.14 bits per heavy atom. The zero-order valence-electron chi connectivity index (χ0n) is 11.0. The van der Waals surface area contributed by atoms with Crippen LogP contribution in [-0.4, -0.2) is 46.8 Å². The lowest BCUT2D eigenvalue weighted by Crippen LogP contribution is -2.16. The van der Waals surface area contributed by atoms with Crippen LogP contribution in [0.5, 0.6) is 5.75 Å². The van der Waals surface area contributed by atoms with Crippen molar-refractivity contribution in [1.29, 1.82) is 0 Å². The number of aromatic nitrogens is 4. The van der Waals surface area contributed by atoms with Crippen LogP contribution in [0.3, 0.4) is 0 Å². The van der Waals surface area contributed by atoms with Gasteiger partial charge in [0.15, 0.2) is 0 Å². The number of ether oxygens (including phenoxy) is 1. The molecule has 0 unspecified atom stereocenters. The molecule has 2 N–H and O–H groups in total. The zero-order chi connectivity index (χ0) is 15.6. The number of aromatic carboxylic acids is 1. The van der Waals surface area contributed by atoms with E-state index in [0.29, 0.717) is 0 Å². The molecule has 2 aromatic rings. The number of carboxylic acids is 1. The summed E-state index contributed by atoms with van der Waals surface area (Å²) in [5, 5.41) is 19.6. The summed E-state index contributed by atoms with van der Waals surface area (Å²) in [5.41, 5.74) is -0.191. The van der Waals surface area contributed by atoms with Crippen LogP contribution in [0, 0.1) is 0 Å². The van der Waals surface area contributed by atoms with Crippen molar-refractivity contribution in [2.75, 3.05) is 11.8 Å². The minimum atomic E-state index is -4.12. The van der Waals surface area contributed by atoms with Crippen LogP contribution in [0.4, 0.5) is 5.95 Å². The van der Waals surface area contributed by atoms with Crippen LogP contribution in [0.15, 0.2) is 23.1 Å². The number of hydrogen-bond donors (Lipinski definition) is 2. The lowest BCUT2D eigenvalue weighted by Gasteiger charge is -2.10. The molecule has 0 saturated heterocycles. The summed E-state index contributed by atoms with van der Waals surface area (Å²) in [7, 11) is -1.37. The lowest BCUT2D eigenvalue weighted by molar-refractivity contribution is 0.0696. The molecule has 0 amide bonds. The van der Waals surface area contributed by atoms with Gasteiger partial charge >= 0.3 is 5.97 Å². The van der Waals surface area contributed by atoms with Crippen LogP contribution in [0.25, 0.3) is 0 Å². The van der Waals surface area contributed by atoms with Crippen molar-refractivity contribution >= 4 is 21.9 Å². The molecule has 21 heavy (non-hydrogen) atoms. The van der Waals surface area contributed by atoms with Crippen LogP contribution in [-0.2, 0) is 17.1 Å². The molecule has 0 aliphatic rings. The maximum atomic E-state index is 12.3. The maximum absolute atomic E-state index is 12.3. The molecule has 0 bridgehead atoms. The molecule has 0 saturated carbocycles. The number of hydrogen-bond acceptors (Lipinski definition) is 7. The Bertz CT molecular complexity index is 785. The Kier molecular flexibility index (Phi) is 3.76. The van der Waals surface area contributed by atoms with Gasteiger partial charge in [-0.1, -0.05) is 5.10 Å². The molecule has 2 rings (SSSR count). The topological polar surface area (TPSA) is 136 Å². The fourth-order valence-corrected chi connectivity index (χ4v) is 2.65. The molecule has 11 heteroatoms. The number of tetrazole rings is 1. The molecule has 0 aliphatic carbocycles. The van der Waals surface area contributed by atoms with Gasteiger partial charge in [-0.2, -0.15) is 4.80 Å². The van der Waals surface area contributed by atoms with Gasteiger partial charge in [-0.25, -0.2) is 17.9 Å². The van der Waals surface area contributed by atoms with Gasteiger partial charge in [-0.15, -0.1) is 5.10 Å². The molecule has 0 aliphatic heterocycles. The van der Waals surface area contributed by atoms with Crippen molar-refractivity contribution in [2.24, 2.45) is 7.05 Å². The maximum Gasteiger partial charge on any atom is 0.335 e. The number of rotatable bonds is 5. The smallest absolute Gasteiger partial charge is 0.335 e. The monoisotopic (exact) mass is 313 g/mol. The summed E-state index contributed by atoms with van der Waals surface area (Å²) < 4.78 is 31.6. The third kappa shape index (κ3) is 3.08. The standard InChI is InChI=1S/C10H11N5O5S/c1-15-12-10(11-14-15)13-21(18,19)8-5-6(9(16)17)3-4-7(8)20-2/h3-5H,1-2H3,(H,12,13)(H,16,17). The third-order valence-corrected chi connectivity index (χ3v) is 3.78. The Labute approximate surface area is 119 Å². The largest absolute Gasteiger partial charge is 0.495 e. The molecular formula is C10H11N5O5S. The molecule has 0 atom stereocenters. The molecule has 10 nitrogen and oxygen atoms in total. The Balaban J connectivity index is 2.47. The normalized spacial score (nSPS) is 11.1. The Morgan fingerprint density at radius 3 is 2.67 bits per heavy atom. The molecule has 0 fully saturated rings. The van der Waals surface area contributed by atoms with E-state index in [1.165, 1.54) is 26.3 Å². The first kappa shape index (κ1) is 14.7. The van der Waals surface area contributed by atoms with E-state index in [1.807, 2.05) is 0 Å². The second-order valence-electron chi connectivity index (χ2n) is 3.88. The molecule has 0 spiro atoms. The molecule has 1 aromatic carbocycles. The van der Waals surface area contributed by atoms with Gasteiger partial charge in [0.05, 0.1) is 19.7 Å². The molecule has 1 aromatic heterocycles. The fraction of sp³-hybridized carbons (Fsp3) is 0.200. The highest BCUT2D eigenvalue weighted by molar-refractivity contribution is 7.92. The van der Waals surface area contributed by atoms with Crippen molar-refractivity contribution in [3.05, 3.63) is 23.8 Å². The van der Waals surface area contributed by atoms with Gasteiger partial charge in [0.2, 0.25) is 0 Å². The number of methoxy groups -OCH3 is 1. The van der Waals surface area contributed by atoms with E-state index in [-0.39, 0.29) is 22.2 Å². The summed E-state index contributed by atoms with van der Waals surface area (Å²) >= 11 is 0. The van der Waals surface area contributed by atoms with Crippen LogP contribution < -0.4 is 9.46 Å². The van der Waals surface area contributed by atoms with Crippen molar-refractivity contribution in [1.82, 2.24) is 20.2 Å². The van der Waals surface area contributed by atoms with Crippen LogP contribution in [0.1, 0.15) is 10.4 Å². The van der Waals surface area contributed by atoms with E-state index in [1.54, 1.807) is 0 Å². The lowest BCUT2D eigenvalue weighted by atomic mass is 10.2. The molecule has 0 radical (unpaired) electrons. The van der Waals surface area contributed by atoms with Crippen molar-refractivity contribution in [3.63, 3.8) is 0 Å². The second-order valence-corrected chi connectivity index (χ2v) is 5.53. The number of carbonyl (C=O) groups is 1. The summed E-state index contributed by atoms with van der Waals surface area (Å²) in [6.07, 6.45) is 0. The van der Waals surface area contributed by atoms with Gasteiger partial charge in [0, 0.05) is 0 Å². The number of benzene rings is 1. The number of aryl methyl sites for hydroxylation is 1. The summed E-state index contributed by atoms with van der Waals surface area (Å²) in [5.74, 6) is -1.50. The predicted molar refractivity (Wildman–Crippen MR) is 69.6 cm³/mol. The highest BCUT2D eigenvalue weighted by Crippen LogP contribution is 2.26. The first-order chi connectivity index (χ1) is 9.83. The SMILES string of the molecule is COc1ccc(C(=O)O)cc1S(=O)(=O)Nc1nnn(C)n1. The van der Waals surface area contributed by atoms with Crippen LogP contribution >= 0.6 is 0 Å². The van der Waals surface area contributed by atoms with E-state index >= 15 is 0 Å². The average molecular weight is 313 g/mol. The first-order valence-corrected chi connectivity index (χ1v) is 7.00. The van der Waals surface area contributed by atoms with Gasteiger partial charge in [0.1, 0.15) is 10.6 Å². The van der Waals surface area contributed by atoms with Crippen molar-refractivity contribution in [2.45, 2.75) is 4.90 Å². The predicted octanol–water partition coefficient (Wildman–Crippen LogP) is -0.282. The van der Waals surface area contributed by atoms with Gasteiger partial charge in [-0.05, 0) is 23.4 Å². The van der Waals surface area contributed by atoms with E-state index < -0.39 is 16.0 Å². The molecular weight excluding hydrogens is 302 g/mol. The average Bonchev–Trinajstić information content (AvgIpc) is 2.82. The zero-order valence-corrected chi connectivity index (χ0v) is 11.8. The van der Waals surface area contributed by atoms with Crippen molar-refractivity contribution in [3.8, 4) is 5.75 Å². The van der Waals surface area contributed by atoms with E-state index in [0.717, 1.165) is 10.9 Å². The first-order valence-electron chi connectivity index (χ1n) is 5.51. The number of anilines is 1. The number of nitrogens with one attached hydrogen (secondary N) is 1. The molecule has 1 heterocycles. The number of sulfonamides is 1. The molecule has 112 valence electrons. The van der Waals surface area contributed by atoms with Crippen LogP contribution in [0.2, 0.25) is 0 Å². The summed E-state index contributed by atoms with van der Waals surface area (Å²) in [6, 6.07) is 3.47. The minimum Gasteiger partial charge on any atom is -0.495 e. The van der Waals surface area contributed by atoms with Gasteiger partial charge < -0.3 is 9.84 Å². The van der Waals surface area contributed by atoms with E-state index in [9.17, 15) is 13.2 Å². The minimum absolute atomic E-state index is 0.00334.